The van der Waals surface area contributed by atoms with Gasteiger partial charge in [-0.3, -0.25) is 0 Å². The molecule has 1 unspecified atom stereocenters. The van der Waals surface area contributed by atoms with E-state index in [0.29, 0.717) is 5.03 Å². The first-order valence-electron chi connectivity index (χ1n) is 2.65. The average molecular weight is 155 g/mol. The van der Waals surface area contributed by atoms with Gasteiger partial charge in [0.05, 0.1) is 0 Å². The van der Waals surface area contributed by atoms with Gasteiger partial charge in [-0.2, -0.15) is 0 Å². The summed E-state index contributed by atoms with van der Waals surface area (Å²) in [5, 5.41) is 18.7. The van der Waals surface area contributed by atoms with Gasteiger partial charge in [-0.05, 0) is 16.7 Å². The summed E-state index contributed by atoms with van der Waals surface area (Å²) >= 11 is 0. The van der Waals surface area contributed by atoms with Crippen molar-refractivity contribution in [3.8, 4) is 0 Å². The lowest BCUT2D eigenvalue weighted by Gasteiger charge is -1.93. The number of hydrogen-bond acceptors (Lipinski definition) is 3. The second kappa shape index (κ2) is 1.69. The van der Waals surface area contributed by atoms with E-state index in [4.69, 9.17) is 5.21 Å². The average Bonchev–Trinajstić information content (AvgIpc) is 2.40. The highest BCUT2D eigenvalue weighted by Gasteiger charge is 2.15. The van der Waals surface area contributed by atoms with E-state index in [-0.39, 0.29) is 10.5 Å². The van der Waals surface area contributed by atoms with Crippen LogP contribution in [0.15, 0.2) is 10.4 Å². The lowest BCUT2D eigenvalue weighted by molar-refractivity contribution is 0.121. The number of hydrogen-bond donors (Lipinski definition) is 1. The minimum Gasteiger partial charge on any atom is -0.410 e. The standard InChI is InChI=1S/C5H5N3OS/c1-10-3-2-4-5(10)8(9)7-6-4/h2-3,9H,1H2. The van der Waals surface area contributed by atoms with Crippen molar-refractivity contribution in [2.75, 3.05) is 0 Å². The Hall–Kier alpha value is -1.10. The fraction of sp³-hybridized carbons (Fsp3) is 0. The minimum atomic E-state index is -0.271. The van der Waals surface area contributed by atoms with Gasteiger partial charge in [0, 0.05) is 0 Å². The maximum atomic E-state index is 9.01. The summed E-state index contributed by atoms with van der Waals surface area (Å²) in [5.41, 5.74) is 0.723. The summed E-state index contributed by atoms with van der Waals surface area (Å²) in [6.45, 7) is 0. The second-order valence-corrected chi connectivity index (χ2v) is 3.42. The molecule has 0 spiro atoms. The molecule has 0 aromatic carbocycles. The molecular weight excluding hydrogens is 150 g/mol. The van der Waals surface area contributed by atoms with Crippen LogP contribution in [0.4, 0.5) is 0 Å². The van der Waals surface area contributed by atoms with Crippen molar-refractivity contribution in [2.24, 2.45) is 0 Å². The van der Waals surface area contributed by atoms with Gasteiger partial charge in [-0.1, -0.05) is 10.7 Å². The van der Waals surface area contributed by atoms with Gasteiger partial charge in [-0.25, -0.2) is 0 Å². The summed E-state index contributed by atoms with van der Waals surface area (Å²) in [4.78, 5) is 0.783. The quantitative estimate of drug-likeness (QED) is 0.440. The molecule has 0 saturated heterocycles. The van der Waals surface area contributed by atoms with Crippen molar-refractivity contribution in [1.82, 2.24) is 15.2 Å². The van der Waals surface area contributed by atoms with Crippen molar-refractivity contribution < 1.29 is 5.21 Å². The molecule has 0 bridgehead atoms. The van der Waals surface area contributed by atoms with Crippen molar-refractivity contribution >= 4 is 22.4 Å². The smallest absolute Gasteiger partial charge is 0.161 e. The molecule has 1 aromatic heterocycles. The molecule has 52 valence electrons. The summed E-state index contributed by atoms with van der Waals surface area (Å²) in [6.07, 6.45) is 1.81. The highest BCUT2D eigenvalue weighted by Crippen LogP contribution is 2.34. The first-order chi connectivity index (χ1) is 4.79. The van der Waals surface area contributed by atoms with Gasteiger partial charge in [-0.15, -0.1) is 15.6 Å². The van der Waals surface area contributed by atoms with E-state index in [9.17, 15) is 0 Å². The molecule has 1 atom stereocenters. The van der Waals surface area contributed by atoms with Gasteiger partial charge < -0.3 is 5.21 Å². The zero-order chi connectivity index (χ0) is 7.14. The van der Waals surface area contributed by atoms with Crippen molar-refractivity contribution in [3.63, 3.8) is 0 Å². The third kappa shape index (κ3) is 0.550. The van der Waals surface area contributed by atoms with Crippen LogP contribution in [0.5, 0.6) is 0 Å². The highest BCUT2D eigenvalue weighted by atomic mass is 32.2. The Bertz CT molecular complexity index is 328. The van der Waals surface area contributed by atoms with Crippen molar-refractivity contribution in [3.05, 3.63) is 11.1 Å². The summed E-state index contributed by atoms with van der Waals surface area (Å²) in [6, 6.07) is 0. The van der Waals surface area contributed by atoms with E-state index < -0.39 is 0 Å². The third-order valence-electron chi connectivity index (χ3n) is 1.28. The molecule has 5 heteroatoms. The zero-order valence-electron chi connectivity index (χ0n) is 5.06. The Labute approximate surface area is 59.7 Å². The van der Waals surface area contributed by atoms with E-state index in [1.807, 2.05) is 11.5 Å². The van der Waals surface area contributed by atoms with Crippen molar-refractivity contribution in [2.45, 2.75) is 5.03 Å². The van der Waals surface area contributed by atoms with Crippen LogP contribution in [0, 0.1) is 0 Å². The minimum absolute atomic E-state index is 0.271. The molecule has 2 heterocycles. The van der Waals surface area contributed by atoms with Crippen LogP contribution in [0.25, 0.3) is 6.08 Å². The normalized spacial score (nSPS) is 21.4. The second-order valence-electron chi connectivity index (χ2n) is 1.90. The largest absolute Gasteiger partial charge is 0.410 e. The van der Waals surface area contributed by atoms with E-state index >= 15 is 0 Å². The van der Waals surface area contributed by atoms with Gasteiger partial charge in [0.25, 0.3) is 0 Å². The van der Waals surface area contributed by atoms with Crippen LogP contribution in [0.3, 0.4) is 0 Å². The van der Waals surface area contributed by atoms with Crippen LogP contribution in [-0.2, 0) is 0 Å². The predicted molar refractivity (Wildman–Crippen MR) is 39.2 cm³/mol. The third-order valence-corrected chi connectivity index (χ3v) is 2.61. The Kier molecular flexibility index (Phi) is 0.960. The maximum absolute atomic E-state index is 9.01. The van der Waals surface area contributed by atoms with Gasteiger partial charge in [0.2, 0.25) is 0 Å². The molecule has 1 aliphatic rings. The molecule has 2 rings (SSSR count). The molecule has 0 radical (unpaired) electrons. The van der Waals surface area contributed by atoms with Crippen LogP contribution in [-0.4, -0.2) is 26.2 Å². The Morgan fingerprint density at radius 1 is 1.70 bits per heavy atom. The molecule has 1 aliphatic heterocycles. The summed E-state index contributed by atoms with van der Waals surface area (Å²) in [7, 11) is -0.271. The van der Waals surface area contributed by atoms with E-state index in [1.54, 1.807) is 0 Å². The Morgan fingerprint density at radius 3 is 3.20 bits per heavy atom. The van der Waals surface area contributed by atoms with Gasteiger partial charge >= 0.3 is 0 Å². The van der Waals surface area contributed by atoms with E-state index in [2.05, 4.69) is 16.2 Å². The van der Waals surface area contributed by atoms with Crippen LogP contribution in [0.2, 0.25) is 0 Å². The Balaban J connectivity index is 2.74. The molecule has 0 amide bonds. The molecule has 10 heavy (non-hydrogen) atoms. The van der Waals surface area contributed by atoms with Crippen LogP contribution >= 0.6 is 10.5 Å². The lowest BCUT2D eigenvalue weighted by atomic mass is 10.5. The lowest BCUT2D eigenvalue weighted by Crippen LogP contribution is -1.93. The predicted octanol–water partition coefficient (Wildman–Crippen LogP) is 0.559. The number of rotatable bonds is 0. The summed E-state index contributed by atoms with van der Waals surface area (Å²) < 4.78 is 0. The first-order valence-corrected chi connectivity index (χ1v) is 4.10. The van der Waals surface area contributed by atoms with Crippen LogP contribution < -0.4 is 0 Å². The molecular formula is C5H5N3OS. The molecule has 0 aliphatic carbocycles. The Morgan fingerprint density at radius 2 is 2.50 bits per heavy atom. The molecule has 0 saturated carbocycles. The number of fused-ring (bicyclic) bond motifs is 1. The molecule has 1 aromatic rings. The fourth-order valence-electron chi connectivity index (χ4n) is 0.831. The maximum Gasteiger partial charge on any atom is 0.161 e. The molecule has 1 N–H and O–H groups in total. The fourth-order valence-corrected chi connectivity index (χ4v) is 1.88. The van der Waals surface area contributed by atoms with Crippen LogP contribution in [0.1, 0.15) is 5.69 Å². The number of aromatic nitrogens is 3. The monoisotopic (exact) mass is 155 g/mol. The zero-order valence-corrected chi connectivity index (χ0v) is 5.88. The number of nitrogens with zero attached hydrogens (tertiary/aromatic N) is 3. The van der Waals surface area contributed by atoms with E-state index in [0.717, 1.165) is 10.5 Å². The first kappa shape index (κ1) is 5.67. The molecule has 4 nitrogen and oxygen atoms in total. The summed E-state index contributed by atoms with van der Waals surface area (Å²) in [5.74, 6) is 3.79. The molecule has 0 fully saturated rings. The highest BCUT2D eigenvalue weighted by molar-refractivity contribution is 8.17. The topological polar surface area (TPSA) is 50.9 Å². The van der Waals surface area contributed by atoms with Gasteiger partial charge in [0.1, 0.15) is 5.69 Å². The van der Waals surface area contributed by atoms with E-state index in [1.165, 1.54) is 0 Å². The van der Waals surface area contributed by atoms with Gasteiger partial charge in [0.15, 0.2) is 5.03 Å². The van der Waals surface area contributed by atoms with Crippen molar-refractivity contribution in [1.29, 1.82) is 0 Å². The SMILES string of the molecule is C=S1C=Cc2nnn(O)c21.